The molecule has 2 aliphatic rings. The highest BCUT2D eigenvalue weighted by atomic mass is 16.1. The van der Waals surface area contributed by atoms with Crippen molar-refractivity contribution in [1.82, 2.24) is 0 Å². The molecule has 0 spiro atoms. The van der Waals surface area contributed by atoms with Crippen LogP contribution in [0.1, 0.15) is 99.7 Å². The monoisotopic (exact) mass is 346 g/mol. The van der Waals surface area contributed by atoms with Crippen molar-refractivity contribution in [3.63, 3.8) is 0 Å². The van der Waals surface area contributed by atoms with Gasteiger partial charge in [0.15, 0.2) is 5.78 Å². The summed E-state index contributed by atoms with van der Waals surface area (Å²) >= 11 is 0. The van der Waals surface area contributed by atoms with Crippen LogP contribution in [0.25, 0.3) is 0 Å². The highest BCUT2D eigenvalue weighted by molar-refractivity contribution is 6.11. The van der Waals surface area contributed by atoms with E-state index in [2.05, 4.69) is 52.0 Å². The first-order chi connectivity index (χ1) is 12.5. The molecule has 0 aromatic heterocycles. The second-order valence-corrected chi connectivity index (χ2v) is 8.52. The molecule has 0 unspecified atom stereocenters. The molecule has 26 heavy (non-hydrogen) atoms. The standard InChI is InChI=1S/C25H30O/c1-15-11-13-21(23(17(15)3)19-7-5-8-19)25(26)22-14-12-16(2)18(4)24(22)20-9-6-10-20/h11-14,19-20H,5-10H2,1-4H3. The lowest BCUT2D eigenvalue weighted by Crippen LogP contribution is -2.20. The molecule has 2 fully saturated rings. The maximum absolute atomic E-state index is 13.7. The summed E-state index contributed by atoms with van der Waals surface area (Å²) in [4.78, 5) is 13.7. The summed E-state index contributed by atoms with van der Waals surface area (Å²) in [7, 11) is 0. The average Bonchev–Trinajstić information content (AvgIpc) is 2.52. The zero-order chi connectivity index (χ0) is 18.4. The number of rotatable bonds is 4. The Bertz CT molecular complexity index is 795. The summed E-state index contributed by atoms with van der Waals surface area (Å²) in [6.07, 6.45) is 7.51. The summed E-state index contributed by atoms with van der Waals surface area (Å²) in [5, 5.41) is 0. The molecule has 0 atom stereocenters. The van der Waals surface area contributed by atoms with Gasteiger partial charge in [-0.3, -0.25) is 4.79 Å². The minimum absolute atomic E-state index is 0.250. The van der Waals surface area contributed by atoms with Gasteiger partial charge in [0.1, 0.15) is 0 Å². The van der Waals surface area contributed by atoms with Crippen molar-refractivity contribution >= 4 is 5.78 Å². The van der Waals surface area contributed by atoms with Gasteiger partial charge < -0.3 is 0 Å². The molecule has 2 aliphatic carbocycles. The summed E-state index contributed by atoms with van der Waals surface area (Å²) in [5.74, 6) is 1.40. The molecule has 0 N–H and O–H groups in total. The molecule has 136 valence electrons. The molecule has 0 heterocycles. The quantitative estimate of drug-likeness (QED) is 0.564. The molecule has 1 nitrogen and oxygen atoms in total. The summed E-state index contributed by atoms with van der Waals surface area (Å²) in [6, 6.07) is 8.46. The third kappa shape index (κ3) is 2.73. The minimum Gasteiger partial charge on any atom is -0.289 e. The van der Waals surface area contributed by atoms with E-state index in [0.717, 1.165) is 11.1 Å². The van der Waals surface area contributed by atoms with E-state index in [4.69, 9.17) is 0 Å². The Hall–Kier alpha value is -1.89. The molecule has 4 rings (SSSR count). The lowest BCUT2D eigenvalue weighted by Gasteiger charge is -2.32. The lowest BCUT2D eigenvalue weighted by molar-refractivity contribution is 0.103. The molecular weight excluding hydrogens is 316 g/mol. The number of carbonyl (C=O) groups excluding carboxylic acids is 1. The Morgan fingerprint density at radius 2 is 1.08 bits per heavy atom. The molecule has 2 aromatic rings. The van der Waals surface area contributed by atoms with Gasteiger partial charge in [0.2, 0.25) is 0 Å². The van der Waals surface area contributed by atoms with Gasteiger partial charge in [-0.05, 0) is 98.6 Å². The number of hydrogen-bond acceptors (Lipinski definition) is 1. The lowest BCUT2D eigenvalue weighted by atomic mass is 9.72. The molecule has 2 saturated carbocycles. The highest BCUT2D eigenvalue weighted by Gasteiger charge is 2.31. The maximum atomic E-state index is 13.7. The van der Waals surface area contributed by atoms with Crippen LogP contribution in [0.4, 0.5) is 0 Å². The predicted molar refractivity (Wildman–Crippen MR) is 108 cm³/mol. The Labute approximate surface area is 157 Å². The third-order valence-electron chi connectivity index (χ3n) is 7.09. The molecule has 0 radical (unpaired) electrons. The summed E-state index contributed by atoms with van der Waals surface area (Å²) in [5.41, 5.74) is 9.86. The van der Waals surface area contributed by atoms with E-state index >= 15 is 0 Å². The van der Waals surface area contributed by atoms with Crippen LogP contribution in [0, 0.1) is 27.7 Å². The van der Waals surface area contributed by atoms with Crippen molar-refractivity contribution in [2.24, 2.45) is 0 Å². The first-order valence-electron chi connectivity index (χ1n) is 10.2. The largest absolute Gasteiger partial charge is 0.289 e. The normalized spacial score (nSPS) is 17.7. The average molecular weight is 347 g/mol. The van der Waals surface area contributed by atoms with Crippen LogP contribution >= 0.6 is 0 Å². The van der Waals surface area contributed by atoms with Crippen LogP contribution in [-0.2, 0) is 0 Å². The smallest absolute Gasteiger partial charge is 0.193 e. The van der Waals surface area contributed by atoms with Gasteiger partial charge in [0.25, 0.3) is 0 Å². The zero-order valence-electron chi connectivity index (χ0n) is 16.6. The Kier molecular flexibility index (Phi) is 4.50. The topological polar surface area (TPSA) is 17.1 Å². The van der Waals surface area contributed by atoms with Crippen molar-refractivity contribution in [3.8, 4) is 0 Å². The van der Waals surface area contributed by atoms with Crippen molar-refractivity contribution < 1.29 is 4.79 Å². The summed E-state index contributed by atoms with van der Waals surface area (Å²) in [6.45, 7) is 8.74. The van der Waals surface area contributed by atoms with Crippen LogP contribution in [-0.4, -0.2) is 5.78 Å². The van der Waals surface area contributed by atoms with Crippen LogP contribution < -0.4 is 0 Å². The molecule has 0 aliphatic heterocycles. The van der Waals surface area contributed by atoms with Crippen molar-refractivity contribution in [2.75, 3.05) is 0 Å². The van der Waals surface area contributed by atoms with E-state index in [-0.39, 0.29) is 5.78 Å². The first kappa shape index (κ1) is 17.5. The number of carbonyl (C=O) groups is 1. The third-order valence-corrected chi connectivity index (χ3v) is 7.09. The number of benzene rings is 2. The van der Waals surface area contributed by atoms with Gasteiger partial charge in [-0.2, -0.15) is 0 Å². The van der Waals surface area contributed by atoms with E-state index in [1.54, 1.807) is 0 Å². The number of ketones is 1. The maximum Gasteiger partial charge on any atom is 0.193 e. The van der Waals surface area contributed by atoms with Gasteiger partial charge in [0.05, 0.1) is 0 Å². The summed E-state index contributed by atoms with van der Waals surface area (Å²) < 4.78 is 0. The van der Waals surface area contributed by atoms with Crippen LogP contribution in [0.3, 0.4) is 0 Å². The minimum atomic E-state index is 0.250. The molecule has 1 heteroatoms. The number of hydrogen-bond donors (Lipinski definition) is 0. The van der Waals surface area contributed by atoms with Crippen LogP contribution in [0.2, 0.25) is 0 Å². The second-order valence-electron chi connectivity index (χ2n) is 8.52. The fraction of sp³-hybridized carbons (Fsp3) is 0.480. The molecule has 0 saturated heterocycles. The Morgan fingerprint density at radius 3 is 1.38 bits per heavy atom. The van der Waals surface area contributed by atoms with E-state index in [9.17, 15) is 4.79 Å². The fourth-order valence-corrected chi connectivity index (χ4v) is 4.66. The van der Waals surface area contributed by atoms with Crippen LogP contribution in [0.5, 0.6) is 0 Å². The predicted octanol–water partition coefficient (Wildman–Crippen LogP) is 6.69. The molecule has 0 amide bonds. The highest BCUT2D eigenvalue weighted by Crippen LogP contribution is 2.43. The Balaban J connectivity index is 1.85. The second kappa shape index (κ2) is 6.68. The molecule has 0 bridgehead atoms. The fourth-order valence-electron chi connectivity index (χ4n) is 4.66. The number of aryl methyl sites for hydroxylation is 2. The SMILES string of the molecule is Cc1ccc(C(=O)c2ccc(C)c(C)c2C2CCC2)c(C2CCC2)c1C. The first-order valence-corrected chi connectivity index (χ1v) is 10.2. The van der Waals surface area contributed by atoms with Crippen molar-refractivity contribution in [2.45, 2.75) is 78.1 Å². The van der Waals surface area contributed by atoms with Gasteiger partial charge in [-0.15, -0.1) is 0 Å². The van der Waals surface area contributed by atoms with E-state index < -0.39 is 0 Å². The van der Waals surface area contributed by atoms with E-state index in [0.29, 0.717) is 11.8 Å². The molecular formula is C25H30O. The van der Waals surface area contributed by atoms with Gasteiger partial charge in [0, 0.05) is 11.1 Å². The molecule has 2 aromatic carbocycles. The Morgan fingerprint density at radius 1 is 0.692 bits per heavy atom. The van der Waals surface area contributed by atoms with E-state index in [1.165, 1.54) is 71.9 Å². The van der Waals surface area contributed by atoms with Crippen LogP contribution in [0.15, 0.2) is 24.3 Å². The van der Waals surface area contributed by atoms with Crippen molar-refractivity contribution in [3.05, 3.63) is 68.8 Å². The van der Waals surface area contributed by atoms with Gasteiger partial charge >= 0.3 is 0 Å². The zero-order valence-corrected chi connectivity index (χ0v) is 16.6. The van der Waals surface area contributed by atoms with Gasteiger partial charge in [-0.25, -0.2) is 0 Å². The van der Waals surface area contributed by atoms with Crippen molar-refractivity contribution in [1.29, 1.82) is 0 Å². The van der Waals surface area contributed by atoms with Gasteiger partial charge in [-0.1, -0.05) is 37.1 Å². The van der Waals surface area contributed by atoms with E-state index in [1.807, 2.05) is 0 Å².